The number of methoxy groups -OCH3 is 2. The molecule has 7 nitrogen and oxygen atoms in total. The molecule has 0 saturated carbocycles. The smallest absolute Gasteiger partial charge is 0.323 e. The number of amides is 2. The van der Waals surface area contributed by atoms with Gasteiger partial charge in [-0.05, 0) is 24.6 Å². The van der Waals surface area contributed by atoms with Crippen molar-refractivity contribution in [3.8, 4) is 11.5 Å². The first kappa shape index (κ1) is 15.7. The highest BCUT2D eigenvalue weighted by Gasteiger charge is 2.13. The van der Waals surface area contributed by atoms with Crippen LogP contribution >= 0.6 is 0 Å². The molecule has 0 bridgehead atoms. The van der Waals surface area contributed by atoms with E-state index in [1.54, 1.807) is 40.3 Å². The van der Waals surface area contributed by atoms with Gasteiger partial charge in [-0.15, -0.1) is 0 Å². The lowest BCUT2D eigenvalue weighted by atomic mass is 10.2. The van der Waals surface area contributed by atoms with Crippen LogP contribution in [0.25, 0.3) is 0 Å². The van der Waals surface area contributed by atoms with E-state index in [9.17, 15) is 4.79 Å². The van der Waals surface area contributed by atoms with Gasteiger partial charge in [0.15, 0.2) is 17.3 Å². The van der Waals surface area contributed by atoms with Crippen molar-refractivity contribution in [2.45, 2.75) is 13.5 Å². The van der Waals surface area contributed by atoms with Gasteiger partial charge in [-0.1, -0.05) is 11.2 Å². The Morgan fingerprint density at radius 2 is 2.00 bits per heavy atom. The van der Waals surface area contributed by atoms with Gasteiger partial charge in [0.05, 0.1) is 14.2 Å². The lowest BCUT2D eigenvalue weighted by Gasteiger charge is -2.18. The van der Waals surface area contributed by atoms with Crippen LogP contribution < -0.4 is 14.8 Å². The van der Waals surface area contributed by atoms with E-state index in [1.807, 2.05) is 12.1 Å². The number of anilines is 1. The molecular weight excluding hydrogens is 286 g/mol. The van der Waals surface area contributed by atoms with Crippen LogP contribution in [0.1, 0.15) is 11.3 Å². The number of nitrogens with one attached hydrogen (secondary N) is 1. The summed E-state index contributed by atoms with van der Waals surface area (Å²) < 4.78 is 15.3. The van der Waals surface area contributed by atoms with Crippen LogP contribution in [0.2, 0.25) is 0 Å². The highest BCUT2D eigenvalue weighted by Crippen LogP contribution is 2.27. The monoisotopic (exact) mass is 305 g/mol. The summed E-state index contributed by atoms with van der Waals surface area (Å²) in [5.41, 5.74) is 0.923. The van der Waals surface area contributed by atoms with Crippen molar-refractivity contribution >= 4 is 11.8 Å². The third-order valence-corrected chi connectivity index (χ3v) is 3.08. The maximum atomic E-state index is 12.1. The molecule has 0 aliphatic heterocycles. The molecule has 1 aromatic carbocycles. The number of urea groups is 1. The van der Waals surface area contributed by atoms with Crippen molar-refractivity contribution in [2.75, 3.05) is 26.6 Å². The Balaban J connectivity index is 2.01. The third-order valence-electron chi connectivity index (χ3n) is 3.08. The van der Waals surface area contributed by atoms with E-state index >= 15 is 0 Å². The second kappa shape index (κ2) is 6.84. The molecule has 1 heterocycles. The average molecular weight is 305 g/mol. The molecule has 118 valence electrons. The van der Waals surface area contributed by atoms with Crippen LogP contribution in [0, 0.1) is 6.92 Å². The second-order valence-corrected chi connectivity index (χ2v) is 4.80. The molecule has 0 atom stereocenters. The number of rotatable bonds is 5. The summed E-state index contributed by atoms with van der Waals surface area (Å²) in [6.45, 7) is 2.18. The number of carbonyl (C=O) groups excluding carboxylic acids is 1. The minimum absolute atomic E-state index is 0.275. The van der Waals surface area contributed by atoms with E-state index in [4.69, 9.17) is 14.0 Å². The Morgan fingerprint density at radius 1 is 1.27 bits per heavy atom. The van der Waals surface area contributed by atoms with Gasteiger partial charge in [0.1, 0.15) is 5.76 Å². The van der Waals surface area contributed by atoms with E-state index in [0.717, 1.165) is 5.56 Å². The van der Waals surface area contributed by atoms with E-state index in [0.29, 0.717) is 29.6 Å². The van der Waals surface area contributed by atoms with Crippen LogP contribution in [0.5, 0.6) is 11.5 Å². The molecule has 0 spiro atoms. The summed E-state index contributed by atoms with van der Waals surface area (Å²) >= 11 is 0. The average Bonchev–Trinajstić information content (AvgIpc) is 2.92. The number of carbonyl (C=O) groups is 1. The Hall–Kier alpha value is -2.70. The van der Waals surface area contributed by atoms with Gasteiger partial charge in [-0.25, -0.2) is 4.79 Å². The van der Waals surface area contributed by atoms with Crippen molar-refractivity contribution in [1.29, 1.82) is 0 Å². The van der Waals surface area contributed by atoms with Crippen molar-refractivity contribution in [3.05, 3.63) is 35.6 Å². The SMILES string of the molecule is COc1ccc(CN(C)C(=O)Nc2cc(C)on2)cc1OC. The van der Waals surface area contributed by atoms with Crippen molar-refractivity contribution in [1.82, 2.24) is 10.1 Å². The zero-order valence-corrected chi connectivity index (χ0v) is 13.0. The first-order valence-corrected chi connectivity index (χ1v) is 6.70. The quantitative estimate of drug-likeness (QED) is 0.919. The highest BCUT2D eigenvalue weighted by molar-refractivity contribution is 5.88. The molecule has 0 aliphatic carbocycles. The first-order chi connectivity index (χ1) is 10.5. The van der Waals surface area contributed by atoms with Gasteiger partial charge in [0, 0.05) is 19.7 Å². The Bertz CT molecular complexity index is 654. The maximum absolute atomic E-state index is 12.1. The molecule has 22 heavy (non-hydrogen) atoms. The number of hydrogen-bond acceptors (Lipinski definition) is 5. The summed E-state index contributed by atoms with van der Waals surface area (Å²) in [5, 5.41) is 6.39. The van der Waals surface area contributed by atoms with Crippen molar-refractivity contribution in [3.63, 3.8) is 0 Å². The van der Waals surface area contributed by atoms with E-state index in [1.165, 1.54) is 4.90 Å². The molecule has 2 rings (SSSR count). The molecule has 0 radical (unpaired) electrons. The Kier molecular flexibility index (Phi) is 4.88. The maximum Gasteiger partial charge on any atom is 0.323 e. The fraction of sp³-hybridized carbons (Fsp3) is 0.333. The molecule has 7 heteroatoms. The fourth-order valence-corrected chi connectivity index (χ4v) is 1.95. The fourth-order valence-electron chi connectivity index (χ4n) is 1.95. The normalized spacial score (nSPS) is 10.2. The highest BCUT2D eigenvalue weighted by atomic mass is 16.5. The Labute approximate surface area is 128 Å². The summed E-state index contributed by atoms with van der Waals surface area (Å²) in [6.07, 6.45) is 0. The van der Waals surface area contributed by atoms with E-state index in [2.05, 4.69) is 10.5 Å². The molecule has 0 fully saturated rings. The molecule has 2 amide bonds. The number of ether oxygens (including phenoxy) is 2. The van der Waals surface area contributed by atoms with Gasteiger partial charge in [0.25, 0.3) is 0 Å². The van der Waals surface area contributed by atoms with Gasteiger partial charge in [0.2, 0.25) is 0 Å². The molecule has 1 aromatic heterocycles. The predicted molar refractivity (Wildman–Crippen MR) is 81.3 cm³/mol. The number of nitrogens with zero attached hydrogens (tertiary/aromatic N) is 2. The number of aromatic nitrogens is 1. The molecule has 0 unspecified atom stereocenters. The van der Waals surface area contributed by atoms with Gasteiger partial charge in [-0.3, -0.25) is 5.32 Å². The molecular formula is C15H19N3O4. The largest absolute Gasteiger partial charge is 0.493 e. The summed E-state index contributed by atoms with van der Waals surface area (Å²) in [7, 11) is 4.85. The predicted octanol–water partition coefficient (Wildman–Crippen LogP) is 2.66. The number of hydrogen-bond donors (Lipinski definition) is 1. The topological polar surface area (TPSA) is 76.8 Å². The van der Waals surface area contributed by atoms with Gasteiger partial charge >= 0.3 is 6.03 Å². The van der Waals surface area contributed by atoms with E-state index in [-0.39, 0.29) is 6.03 Å². The summed E-state index contributed by atoms with van der Waals surface area (Å²) in [4.78, 5) is 13.6. The van der Waals surface area contributed by atoms with Crippen LogP contribution in [0.4, 0.5) is 10.6 Å². The van der Waals surface area contributed by atoms with Crippen LogP contribution in [0.15, 0.2) is 28.8 Å². The van der Waals surface area contributed by atoms with E-state index < -0.39 is 0 Å². The molecule has 1 N–H and O–H groups in total. The van der Waals surface area contributed by atoms with Crippen molar-refractivity contribution < 1.29 is 18.8 Å². The van der Waals surface area contributed by atoms with Gasteiger partial charge < -0.3 is 18.9 Å². The third kappa shape index (κ3) is 3.69. The van der Waals surface area contributed by atoms with Crippen LogP contribution in [0.3, 0.4) is 0 Å². The van der Waals surface area contributed by atoms with Crippen LogP contribution in [-0.4, -0.2) is 37.4 Å². The Morgan fingerprint density at radius 3 is 2.59 bits per heavy atom. The second-order valence-electron chi connectivity index (χ2n) is 4.80. The summed E-state index contributed by atoms with van der Waals surface area (Å²) in [6, 6.07) is 6.90. The number of aryl methyl sites for hydroxylation is 1. The molecule has 0 aliphatic rings. The van der Waals surface area contributed by atoms with Crippen LogP contribution in [-0.2, 0) is 6.54 Å². The zero-order valence-electron chi connectivity index (χ0n) is 13.0. The van der Waals surface area contributed by atoms with Crippen molar-refractivity contribution in [2.24, 2.45) is 0 Å². The first-order valence-electron chi connectivity index (χ1n) is 6.70. The summed E-state index contributed by atoms with van der Waals surface area (Å²) in [5.74, 6) is 2.30. The zero-order chi connectivity index (χ0) is 16.1. The lowest BCUT2D eigenvalue weighted by molar-refractivity contribution is 0.220. The minimum atomic E-state index is -0.275. The molecule has 2 aromatic rings. The number of benzene rings is 1. The minimum Gasteiger partial charge on any atom is -0.493 e. The lowest BCUT2D eigenvalue weighted by Crippen LogP contribution is -2.30. The van der Waals surface area contributed by atoms with Gasteiger partial charge in [-0.2, -0.15) is 0 Å². The molecule has 0 saturated heterocycles. The standard InChI is InChI=1S/C15H19N3O4/c1-10-7-14(17-22-10)16-15(19)18(2)9-11-5-6-12(20-3)13(8-11)21-4/h5-8H,9H2,1-4H3,(H,16,17,19).